The number of hydrogen-bond acceptors (Lipinski definition) is 4. The molecule has 0 radical (unpaired) electrons. The molecule has 0 aliphatic carbocycles. The topological polar surface area (TPSA) is 92.5 Å². The van der Waals surface area contributed by atoms with Crippen molar-refractivity contribution < 1.29 is 14.8 Å². The smallest absolute Gasteiger partial charge is 0.269 e. The Morgan fingerprint density at radius 3 is 2.28 bits per heavy atom. The highest BCUT2D eigenvalue weighted by Gasteiger charge is 2.26. The zero-order valence-electron chi connectivity index (χ0n) is 10.5. The molecule has 0 saturated heterocycles. The van der Waals surface area contributed by atoms with E-state index in [2.05, 4.69) is 5.32 Å². The van der Waals surface area contributed by atoms with E-state index in [-0.39, 0.29) is 11.6 Å². The molecule has 1 unspecified atom stereocenters. The van der Waals surface area contributed by atoms with Gasteiger partial charge in [0.05, 0.1) is 16.6 Å². The van der Waals surface area contributed by atoms with E-state index in [0.29, 0.717) is 5.56 Å². The van der Waals surface area contributed by atoms with Gasteiger partial charge in [-0.3, -0.25) is 14.9 Å². The van der Waals surface area contributed by atoms with Crippen molar-refractivity contribution in [2.45, 2.75) is 32.4 Å². The standard InChI is InChI=1S/C12H16N2O4/c1-8(15)12(2,3)13-11(16)9-4-6-10(7-5-9)14(17)18/h4-8,15H,1-3H3,(H,13,16). The zero-order valence-corrected chi connectivity index (χ0v) is 10.5. The summed E-state index contributed by atoms with van der Waals surface area (Å²) in [6, 6.07) is 5.30. The van der Waals surface area contributed by atoms with Crippen molar-refractivity contribution in [3.05, 3.63) is 39.9 Å². The average molecular weight is 252 g/mol. The molecule has 2 N–H and O–H groups in total. The molecule has 6 nitrogen and oxygen atoms in total. The molecule has 1 aromatic carbocycles. The quantitative estimate of drug-likeness (QED) is 0.627. The molecule has 1 rings (SSSR count). The van der Waals surface area contributed by atoms with Gasteiger partial charge in [-0.05, 0) is 32.9 Å². The van der Waals surface area contributed by atoms with Crippen molar-refractivity contribution in [3.63, 3.8) is 0 Å². The number of rotatable bonds is 4. The van der Waals surface area contributed by atoms with E-state index in [1.807, 2.05) is 0 Å². The third-order valence-electron chi connectivity index (χ3n) is 2.82. The van der Waals surface area contributed by atoms with Gasteiger partial charge in [-0.25, -0.2) is 0 Å². The van der Waals surface area contributed by atoms with Crippen LogP contribution in [-0.4, -0.2) is 27.6 Å². The van der Waals surface area contributed by atoms with Crippen molar-refractivity contribution in [2.24, 2.45) is 0 Å². The van der Waals surface area contributed by atoms with E-state index < -0.39 is 16.6 Å². The van der Waals surface area contributed by atoms with Gasteiger partial charge in [0.1, 0.15) is 0 Å². The van der Waals surface area contributed by atoms with E-state index in [9.17, 15) is 20.0 Å². The van der Waals surface area contributed by atoms with Gasteiger partial charge in [0.2, 0.25) is 0 Å². The van der Waals surface area contributed by atoms with Crippen LogP contribution in [0.1, 0.15) is 31.1 Å². The summed E-state index contributed by atoms with van der Waals surface area (Å²) in [5, 5.41) is 22.6. The minimum atomic E-state index is -0.765. The molecule has 1 amide bonds. The molecule has 1 atom stereocenters. The van der Waals surface area contributed by atoms with E-state index in [0.717, 1.165) is 0 Å². The summed E-state index contributed by atoms with van der Waals surface area (Å²) in [5.41, 5.74) is -0.519. The molecule has 0 aromatic heterocycles. The molecule has 6 heteroatoms. The van der Waals surface area contributed by atoms with Crippen molar-refractivity contribution >= 4 is 11.6 Å². The summed E-state index contributed by atoms with van der Waals surface area (Å²) in [6.45, 7) is 4.97. The summed E-state index contributed by atoms with van der Waals surface area (Å²) >= 11 is 0. The maximum Gasteiger partial charge on any atom is 0.269 e. The largest absolute Gasteiger partial charge is 0.391 e. The molecule has 0 aliphatic heterocycles. The predicted octanol–water partition coefficient (Wildman–Crippen LogP) is 1.48. The summed E-state index contributed by atoms with van der Waals surface area (Å²) in [7, 11) is 0. The summed E-state index contributed by atoms with van der Waals surface area (Å²) < 4.78 is 0. The average Bonchev–Trinajstić information content (AvgIpc) is 2.28. The van der Waals surface area contributed by atoms with Gasteiger partial charge >= 0.3 is 0 Å². The maximum atomic E-state index is 11.9. The first kappa shape index (κ1) is 14.1. The Morgan fingerprint density at radius 1 is 1.39 bits per heavy atom. The molecule has 0 bridgehead atoms. The van der Waals surface area contributed by atoms with E-state index >= 15 is 0 Å². The lowest BCUT2D eigenvalue weighted by molar-refractivity contribution is -0.384. The van der Waals surface area contributed by atoms with Gasteiger partial charge in [0, 0.05) is 17.7 Å². The Labute approximate surface area is 105 Å². The monoisotopic (exact) mass is 252 g/mol. The highest BCUT2D eigenvalue weighted by atomic mass is 16.6. The first-order valence-electron chi connectivity index (χ1n) is 5.49. The van der Waals surface area contributed by atoms with Crippen molar-refractivity contribution in [3.8, 4) is 0 Å². The van der Waals surface area contributed by atoms with E-state index in [1.54, 1.807) is 20.8 Å². The second-order valence-corrected chi connectivity index (χ2v) is 4.66. The van der Waals surface area contributed by atoms with Crippen LogP contribution in [0.5, 0.6) is 0 Å². The summed E-state index contributed by atoms with van der Waals surface area (Å²) in [6.07, 6.45) is -0.709. The molecule has 0 aliphatic rings. The second-order valence-electron chi connectivity index (χ2n) is 4.66. The summed E-state index contributed by atoms with van der Waals surface area (Å²) in [5.74, 6) is -0.379. The second kappa shape index (κ2) is 5.14. The highest BCUT2D eigenvalue weighted by molar-refractivity contribution is 5.94. The minimum Gasteiger partial charge on any atom is -0.391 e. The molecule has 0 spiro atoms. The number of non-ortho nitro benzene ring substituents is 1. The lowest BCUT2D eigenvalue weighted by Crippen LogP contribution is -2.50. The fourth-order valence-corrected chi connectivity index (χ4v) is 1.20. The molecular weight excluding hydrogens is 236 g/mol. The number of nitro groups is 1. The predicted molar refractivity (Wildman–Crippen MR) is 66.3 cm³/mol. The first-order valence-corrected chi connectivity index (χ1v) is 5.49. The molecular formula is C12H16N2O4. The highest BCUT2D eigenvalue weighted by Crippen LogP contribution is 2.14. The van der Waals surface area contributed by atoms with Gasteiger partial charge in [-0.15, -0.1) is 0 Å². The number of nitrogens with zero attached hydrogens (tertiary/aromatic N) is 1. The minimum absolute atomic E-state index is 0.0682. The van der Waals surface area contributed by atoms with Crippen LogP contribution in [0.25, 0.3) is 0 Å². The lowest BCUT2D eigenvalue weighted by atomic mass is 9.98. The van der Waals surface area contributed by atoms with Gasteiger partial charge < -0.3 is 10.4 Å². The van der Waals surface area contributed by atoms with Crippen molar-refractivity contribution in [2.75, 3.05) is 0 Å². The molecule has 0 saturated carbocycles. The molecule has 0 heterocycles. The van der Waals surface area contributed by atoms with Crippen LogP contribution in [0.4, 0.5) is 5.69 Å². The van der Waals surface area contributed by atoms with Crippen LogP contribution < -0.4 is 5.32 Å². The van der Waals surface area contributed by atoms with Gasteiger partial charge in [-0.1, -0.05) is 0 Å². The molecule has 1 aromatic rings. The van der Waals surface area contributed by atoms with E-state index in [1.165, 1.54) is 24.3 Å². The SMILES string of the molecule is CC(O)C(C)(C)NC(=O)c1ccc([N+](=O)[O-])cc1. The maximum absolute atomic E-state index is 11.9. The van der Waals surface area contributed by atoms with Crippen molar-refractivity contribution in [1.82, 2.24) is 5.32 Å². The normalized spacial score (nSPS) is 12.9. The van der Waals surface area contributed by atoms with Crippen LogP contribution >= 0.6 is 0 Å². The van der Waals surface area contributed by atoms with Crippen LogP contribution in [-0.2, 0) is 0 Å². The Balaban J connectivity index is 2.82. The van der Waals surface area contributed by atoms with Gasteiger partial charge in [-0.2, -0.15) is 0 Å². The number of aliphatic hydroxyl groups excluding tert-OH is 1. The van der Waals surface area contributed by atoms with Crippen LogP contribution in [0, 0.1) is 10.1 Å². The summed E-state index contributed by atoms with van der Waals surface area (Å²) in [4.78, 5) is 21.8. The Hall–Kier alpha value is -1.95. The Morgan fingerprint density at radius 2 is 1.89 bits per heavy atom. The molecule has 98 valence electrons. The van der Waals surface area contributed by atoms with Crippen LogP contribution in [0.2, 0.25) is 0 Å². The lowest BCUT2D eigenvalue weighted by Gasteiger charge is -2.29. The Kier molecular flexibility index (Phi) is 4.03. The van der Waals surface area contributed by atoms with Gasteiger partial charge in [0.25, 0.3) is 11.6 Å². The number of nitro benzene ring substituents is 1. The fourth-order valence-electron chi connectivity index (χ4n) is 1.20. The van der Waals surface area contributed by atoms with Crippen molar-refractivity contribution in [1.29, 1.82) is 0 Å². The number of carbonyl (C=O) groups excluding carboxylic acids is 1. The van der Waals surface area contributed by atoms with Gasteiger partial charge in [0.15, 0.2) is 0 Å². The number of benzene rings is 1. The number of hydrogen-bond donors (Lipinski definition) is 2. The number of amides is 1. The van der Waals surface area contributed by atoms with E-state index in [4.69, 9.17) is 0 Å². The first-order chi connectivity index (χ1) is 8.24. The third-order valence-corrected chi connectivity index (χ3v) is 2.82. The number of aliphatic hydroxyl groups is 1. The Bertz CT molecular complexity index is 452. The number of carbonyl (C=O) groups is 1. The number of nitrogens with one attached hydrogen (secondary N) is 1. The molecule has 18 heavy (non-hydrogen) atoms. The zero-order chi connectivity index (χ0) is 13.9. The van der Waals surface area contributed by atoms with Crippen LogP contribution in [0.15, 0.2) is 24.3 Å². The third kappa shape index (κ3) is 3.27. The molecule has 0 fully saturated rings. The van der Waals surface area contributed by atoms with Crippen LogP contribution in [0.3, 0.4) is 0 Å². The fraction of sp³-hybridized carbons (Fsp3) is 0.417.